The monoisotopic (exact) mass is 421 g/mol. The van der Waals surface area contributed by atoms with E-state index in [9.17, 15) is 19.1 Å². The summed E-state index contributed by atoms with van der Waals surface area (Å²) < 4.78 is 13.6. The normalized spacial score (nSPS) is 21.7. The first kappa shape index (κ1) is 18.8. The second kappa shape index (κ2) is 6.67. The van der Waals surface area contributed by atoms with E-state index in [4.69, 9.17) is 11.6 Å². The predicted molar refractivity (Wildman–Crippen MR) is 111 cm³/mol. The summed E-state index contributed by atoms with van der Waals surface area (Å²) in [6.45, 7) is 0.287. The summed E-state index contributed by atoms with van der Waals surface area (Å²) in [5, 5.41) is 9.31. The van der Waals surface area contributed by atoms with Crippen LogP contribution in [-0.4, -0.2) is 17.0 Å². The highest BCUT2D eigenvalue weighted by atomic mass is 35.5. The SMILES string of the molecule is O=C(O)c1cccc(CN2C(=O)[C@@]3(C[C@H]3c3ccc(F)c(Cl)c3)c3ccccc32)c1. The van der Waals surface area contributed by atoms with E-state index in [1.165, 1.54) is 12.1 Å². The lowest BCUT2D eigenvalue weighted by molar-refractivity contribution is -0.120. The molecule has 1 aliphatic heterocycles. The first-order valence-electron chi connectivity index (χ1n) is 9.60. The average molecular weight is 422 g/mol. The van der Waals surface area contributed by atoms with Gasteiger partial charge in [0.2, 0.25) is 5.91 Å². The molecule has 5 rings (SSSR count). The van der Waals surface area contributed by atoms with Crippen LogP contribution in [0.4, 0.5) is 10.1 Å². The second-order valence-electron chi connectivity index (χ2n) is 7.82. The summed E-state index contributed by atoms with van der Waals surface area (Å²) in [7, 11) is 0. The van der Waals surface area contributed by atoms with Crippen molar-refractivity contribution >= 4 is 29.2 Å². The van der Waals surface area contributed by atoms with Gasteiger partial charge in [-0.05, 0) is 53.4 Å². The van der Waals surface area contributed by atoms with Gasteiger partial charge in [0.15, 0.2) is 0 Å². The molecule has 30 heavy (non-hydrogen) atoms. The molecule has 1 N–H and O–H groups in total. The highest BCUT2D eigenvalue weighted by Gasteiger charge is 2.67. The molecular formula is C24H17ClFNO3. The van der Waals surface area contributed by atoms with E-state index >= 15 is 0 Å². The van der Waals surface area contributed by atoms with E-state index in [-0.39, 0.29) is 29.0 Å². The van der Waals surface area contributed by atoms with Gasteiger partial charge in [0.05, 0.1) is 22.5 Å². The number of amides is 1. The molecule has 1 aliphatic carbocycles. The van der Waals surface area contributed by atoms with Crippen LogP contribution in [0.1, 0.15) is 39.4 Å². The third kappa shape index (κ3) is 2.73. The highest BCUT2D eigenvalue weighted by molar-refractivity contribution is 6.30. The Kier molecular flexibility index (Phi) is 4.19. The van der Waals surface area contributed by atoms with Crippen molar-refractivity contribution in [3.8, 4) is 0 Å². The fraction of sp³-hybridized carbons (Fsp3) is 0.167. The van der Waals surface area contributed by atoms with Crippen LogP contribution in [0.2, 0.25) is 5.02 Å². The Morgan fingerprint density at radius 2 is 1.93 bits per heavy atom. The standard InChI is InChI=1S/C24H17ClFNO3/c25-19-11-15(8-9-20(19)26)18-12-24(18)17-6-1-2-7-21(17)27(23(24)30)13-14-4-3-5-16(10-14)22(28)29/h1-11,18H,12-13H2,(H,28,29)/t18-,24-/m0/s1. The zero-order chi connectivity index (χ0) is 21.0. The van der Waals surface area contributed by atoms with E-state index < -0.39 is 17.2 Å². The molecule has 0 aromatic heterocycles. The molecule has 0 saturated heterocycles. The quantitative estimate of drug-likeness (QED) is 0.633. The number of benzene rings is 3. The van der Waals surface area contributed by atoms with Crippen molar-refractivity contribution in [2.45, 2.75) is 24.3 Å². The van der Waals surface area contributed by atoms with Gasteiger partial charge in [-0.15, -0.1) is 0 Å². The zero-order valence-corrected chi connectivity index (χ0v) is 16.6. The number of carbonyl (C=O) groups is 2. The van der Waals surface area contributed by atoms with Crippen molar-refractivity contribution in [3.05, 3.63) is 99.8 Å². The van der Waals surface area contributed by atoms with Crippen molar-refractivity contribution in [3.63, 3.8) is 0 Å². The number of aromatic carboxylic acids is 1. The van der Waals surface area contributed by atoms with E-state index in [0.29, 0.717) is 6.42 Å². The predicted octanol–water partition coefficient (Wildman–Crippen LogP) is 5.15. The number of nitrogens with zero attached hydrogens (tertiary/aromatic N) is 1. The summed E-state index contributed by atoms with van der Waals surface area (Å²) in [6, 6.07) is 18.9. The molecule has 6 heteroatoms. The molecule has 0 unspecified atom stereocenters. The molecule has 2 aliphatic rings. The third-order valence-electron chi connectivity index (χ3n) is 6.12. The van der Waals surface area contributed by atoms with Gasteiger partial charge in [0, 0.05) is 11.6 Å². The number of halogens is 2. The summed E-state index contributed by atoms with van der Waals surface area (Å²) in [4.78, 5) is 26.6. The van der Waals surface area contributed by atoms with Crippen LogP contribution >= 0.6 is 11.6 Å². The number of para-hydroxylation sites is 1. The van der Waals surface area contributed by atoms with Gasteiger partial charge in [0.25, 0.3) is 0 Å². The van der Waals surface area contributed by atoms with E-state index in [1.54, 1.807) is 29.2 Å². The highest BCUT2D eigenvalue weighted by Crippen LogP contribution is 2.66. The average Bonchev–Trinajstić information content (AvgIpc) is 3.46. The maximum atomic E-state index is 13.6. The number of hydrogen-bond donors (Lipinski definition) is 1. The van der Waals surface area contributed by atoms with Crippen LogP contribution in [0.5, 0.6) is 0 Å². The van der Waals surface area contributed by atoms with Gasteiger partial charge in [0.1, 0.15) is 5.82 Å². The smallest absolute Gasteiger partial charge is 0.335 e. The Morgan fingerprint density at radius 3 is 2.70 bits per heavy atom. The molecule has 2 atom stereocenters. The van der Waals surface area contributed by atoms with Gasteiger partial charge in [-0.3, -0.25) is 4.79 Å². The molecule has 1 heterocycles. The van der Waals surface area contributed by atoms with Crippen molar-refractivity contribution in [2.75, 3.05) is 4.90 Å². The molecule has 0 bridgehead atoms. The zero-order valence-electron chi connectivity index (χ0n) is 15.8. The number of anilines is 1. The van der Waals surface area contributed by atoms with Crippen LogP contribution in [-0.2, 0) is 16.8 Å². The van der Waals surface area contributed by atoms with Gasteiger partial charge >= 0.3 is 5.97 Å². The minimum Gasteiger partial charge on any atom is -0.478 e. The van der Waals surface area contributed by atoms with Crippen molar-refractivity contribution < 1.29 is 19.1 Å². The molecule has 1 fully saturated rings. The fourth-order valence-electron chi connectivity index (χ4n) is 4.62. The molecule has 3 aromatic rings. The first-order chi connectivity index (χ1) is 14.4. The number of fused-ring (bicyclic) bond motifs is 2. The van der Waals surface area contributed by atoms with Crippen LogP contribution in [0.3, 0.4) is 0 Å². The molecule has 1 spiro atoms. The molecule has 0 radical (unpaired) electrons. The first-order valence-corrected chi connectivity index (χ1v) is 9.98. The largest absolute Gasteiger partial charge is 0.478 e. The Balaban J connectivity index is 1.52. The van der Waals surface area contributed by atoms with Crippen molar-refractivity contribution in [1.29, 1.82) is 0 Å². The Morgan fingerprint density at radius 1 is 1.13 bits per heavy atom. The van der Waals surface area contributed by atoms with Crippen LogP contribution in [0.15, 0.2) is 66.7 Å². The number of carboxylic acid groups (broad SMARTS) is 1. The lowest BCUT2D eigenvalue weighted by Crippen LogP contribution is -2.32. The van der Waals surface area contributed by atoms with E-state index in [1.807, 2.05) is 30.3 Å². The molecule has 1 amide bonds. The number of carbonyl (C=O) groups excluding carboxylic acids is 1. The third-order valence-corrected chi connectivity index (χ3v) is 6.41. The number of rotatable bonds is 4. The van der Waals surface area contributed by atoms with Crippen LogP contribution < -0.4 is 4.90 Å². The topological polar surface area (TPSA) is 57.6 Å². The van der Waals surface area contributed by atoms with Crippen molar-refractivity contribution in [1.82, 2.24) is 0 Å². The number of carboxylic acids is 1. The molecule has 3 aromatic carbocycles. The van der Waals surface area contributed by atoms with Crippen LogP contribution in [0.25, 0.3) is 0 Å². The van der Waals surface area contributed by atoms with Gasteiger partial charge in [-0.1, -0.05) is 48.0 Å². The van der Waals surface area contributed by atoms with Gasteiger partial charge in [-0.2, -0.15) is 0 Å². The minimum absolute atomic E-state index is 0.0186. The minimum atomic E-state index is -1.00. The maximum absolute atomic E-state index is 13.6. The van der Waals surface area contributed by atoms with E-state index in [0.717, 1.165) is 22.4 Å². The van der Waals surface area contributed by atoms with E-state index in [2.05, 4.69) is 0 Å². The summed E-state index contributed by atoms with van der Waals surface area (Å²) in [6.07, 6.45) is 0.635. The Hall–Kier alpha value is -3.18. The van der Waals surface area contributed by atoms with Gasteiger partial charge < -0.3 is 10.0 Å². The lowest BCUT2D eigenvalue weighted by Gasteiger charge is -2.19. The van der Waals surface area contributed by atoms with Crippen molar-refractivity contribution in [2.24, 2.45) is 0 Å². The molecule has 150 valence electrons. The lowest BCUT2D eigenvalue weighted by atomic mass is 9.92. The summed E-state index contributed by atoms with van der Waals surface area (Å²) >= 11 is 5.98. The van der Waals surface area contributed by atoms with Gasteiger partial charge in [-0.25, -0.2) is 9.18 Å². The molecule has 4 nitrogen and oxygen atoms in total. The Labute approximate surface area is 177 Å². The fourth-order valence-corrected chi connectivity index (χ4v) is 4.81. The Bertz CT molecular complexity index is 1210. The summed E-state index contributed by atoms with van der Waals surface area (Å²) in [5.41, 5.74) is 2.89. The van der Waals surface area contributed by atoms with Crippen LogP contribution in [0, 0.1) is 5.82 Å². The maximum Gasteiger partial charge on any atom is 0.335 e. The molecular weight excluding hydrogens is 405 g/mol. The number of hydrogen-bond acceptors (Lipinski definition) is 2. The summed E-state index contributed by atoms with van der Waals surface area (Å²) in [5.74, 6) is -1.57. The second-order valence-corrected chi connectivity index (χ2v) is 8.22. The molecule has 1 saturated carbocycles.